The molecule has 0 aliphatic carbocycles. The molecule has 6 nitrogen and oxygen atoms in total. The third-order valence-corrected chi connectivity index (χ3v) is 3.07. The molecule has 4 N–H and O–H groups in total. The number of rotatable bonds is 5. The maximum atomic E-state index is 5.45. The fourth-order valence-corrected chi connectivity index (χ4v) is 1.99. The molecule has 3 rings (SSSR count). The van der Waals surface area contributed by atoms with Crippen LogP contribution >= 0.6 is 0 Å². The highest BCUT2D eigenvalue weighted by Gasteiger charge is 2.03. The lowest BCUT2D eigenvalue weighted by molar-refractivity contribution is 0.864. The van der Waals surface area contributed by atoms with Gasteiger partial charge in [0.15, 0.2) is 0 Å². The van der Waals surface area contributed by atoms with Crippen molar-refractivity contribution >= 4 is 16.9 Å². The van der Waals surface area contributed by atoms with E-state index < -0.39 is 0 Å². The second kappa shape index (κ2) is 5.66. The van der Waals surface area contributed by atoms with Crippen LogP contribution in [0.3, 0.4) is 0 Å². The molecule has 0 unspecified atom stereocenters. The molecule has 0 aliphatic heterocycles. The zero-order valence-corrected chi connectivity index (χ0v) is 11.0. The number of nitrogens with zero attached hydrogens (tertiary/aromatic N) is 3. The number of aromatic amines is 1. The van der Waals surface area contributed by atoms with Crippen molar-refractivity contribution in [3.05, 3.63) is 36.7 Å². The molecule has 0 aliphatic rings. The fraction of sp³-hybridized carbons (Fsp3) is 0.214. The first kappa shape index (κ1) is 12.6. The Balaban J connectivity index is 1.79. The SMILES string of the molecule is NCCCNc1ccc(-c2ccc3nc[nH]c3c2)nn1. The summed E-state index contributed by atoms with van der Waals surface area (Å²) in [6.07, 6.45) is 2.60. The van der Waals surface area contributed by atoms with Gasteiger partial charge in [-0.1, -0.05) is 6.07 Å². The van der Waals surface area contributed by atoms with Crippen LogP contribution in [0.2, 0.25) is 0 Å². The van der Waals surface area contributed by atoms with Gasteiger partial charge in [-0.05, 0) is 37.2 Å². The molecule has 0 radical (unpaired) electrons. The Hall–Kier alpha value is -2.47. The van der Waals surface area contributed by atoms with Crippen molar-refractivity contribution < 1.29 is 0 Å². The molecular formula is C14H16N6. The minimum Gasteiger partial charge on any atom is -0.369 e. The smallest absolute Gasteiger partial charge is 0.148 e. The normalized spacial score (nSPS) is 10.8. The highest BCUT2D eigenvalue weighted by molar-refractivity contribution is 5.80. The van der Waals surface area contributed by atoms with E-state index in [-0.39, 0.29) is 0 Å². The Morgan fingerprint density at radius 3 is 2.90 bits per heavy atom. The molecule has 0 spiro atoms. The van der Waals surface area contributed by atoms with Crippen molar-refractivity contribution in [1.29, 1.82) is 0 Å². The van der Waals surface area contributed by atoms with E-state index in [4.69, 9.17) is 5.73 Å². The summed E-state index contributed by atoms with van der Waals surface area (Å²) in [7, 11) is 0. The molecule has 0 atom stereocenters. The first-order valence-corrected chi connectivity index (χ1v) is 6.58. The number of nitrogens with one attached hydrogen (secondary N) is 2. The van der Waals surface area contributed by atoms with Gasteiger partial charge in [0.1, 0.15) is 5.82 Å². The van der Waals surface area contributed by atoms with Gasteiger partial charge in [0.05, 0.1) is 23.1 Å². The van der Waals surface area contributed by atoms with Gasteiger partial charge in [0.25, 0.3) is 0 Å². The Morgan fingerprint density at radius 2 is 2.10 bits per heavy atom. The van der Waals surface area contributed by atoms with Crippen LogP contribution in [0, 0.1) is 0 Å². The van der Waals surface area contributed by atoms with E-state index in [1.807, 2.05) is 30.3 Å². The van der Waals surface area contributed by atoms with Gasteiger partial charge in [-0.25, -0.2) is 4.98 Å². The Labute approximate surface area is 116 Å². The predicted octanol–water partition coefficient (Wildman–Crippen LogP) is 1.78. The highest BCUT2D eigenvalue weighted by Crippen LogP contribution is 2.21. The second-order valence-electron chi connectivity index (χ2n) is 4.51. The number of hydrogen-bond acceptors (Lipinski definition) is 5. The van der Waals surface area contributed by atoms with E-state index in [1.165, 1.54) is 0 Å². The van der Waals surface area contributed by atoms with E-state index in [0.29, 0.717) is 6.54 Å². The third kappa shape index (κ3) is 2.60. The average Bonchev–Trinajstić information content (AvgIpc) is 2.96. The van der Waals surface area contributed by atoms with Crippen molar-refractivity contribution in [2.24, 2.45) is 5.73 Å². The molecule has 20 heavy (non-hydrogen) atoms. The molecule has 0 fully saturated rings. The largest absolute Gasteiger partial charge is 0.369 e. The maximum absolute atomic E-state index is 5.45. The van der Waals surface area contributed by atoms with Gasteiger partial charge >= 0.3 is 0 Å². The van der Waals surface area contributed by atoms with Gasteiger partial charge in [-0.15, -0.1) is 10.2 Å². The number of imidazole rings is 1. The molecule has 0 saturated heterocycles. The molecule has 1 aromatic carbocycles. The number of benzene rings is 1. The average molecular weight is 268 g/mol. The standard InChI is InChI=1S/C14H16N6/c15-6-1-7-16-14-5-4-11(19-20-14)10-2-3-12-13(8-10)18-9-17-12/h2-5,8-9H,1,6-7,15H2,(H,16,20)(H,17,18). The van der Waals surface area contributed by atoms with E-state index in [1.54, 1.807) is 6.33 Å². The predicted molar refractivity (Wildman–Crippen MR) is 79.3 cm³/mol. The van der Waals surface area contributed by atoms with E-state index in [2.05, 4.69) is 25.5 Å². The molecule has 2 aromatic heterocycles. The molecule has 2 heterocycles. The number of hydrogen-bond donors (Lipinski definition) is 3. The van der Waals surface area contributed by atoms with Gasteiger partial charge in [0.2, 0.25) is 0 Å². The summed E-state index contributed by atoms with van der Waals surface area (Å²) in [5.74, 6) is 0.768. The van der Waals surface area contributed by atoms with E-state index >= 15 is 0 Å². The Kier molecular flexibility index (Phi) is 3.56. The fourth-order valence-electron chi connectivity index (χ4n) is 1.99. The molecule has 0 amide bonds. The summed E-state index contributed by atoms with van der Waals surface area (Å²) in [6.45, 7) is 1.48. The molecule has 0 bridgehead atoms. The maximum Gasteiger partial charge on any atom is 0.148 e. The van der Waals surface area contributed by atoms with Crippen molar-refractivity contribution in [2.45, 2.75) is 6.42 Å². The summed E-state index contributed by atoms with van der Waals surface area (Å²) in [4.78, 5) is 7.29. The summed E-state index contributed by atoms with van der Waals surface area (Å²) >= 11 is 0. The first-order chi connectivity index (χ1) is 9.86. The summed E-state index contributed by atoms with van der Waals surface area (Å²) in [5.41, 5.74) is 9.24. The lowest BCUT2D eigenvalue weighted by Gasteiger charge is -2.05. The first-order valence-electron chi connectivity index (χ1n) is 6.58. The molecule has 3 aromatic rings. The monoisotopic (exact) mass is 268 g/mol. The van der Waals surface area contributed by atoms with E-state index in [9.17, 15) is 0 Å². The van der Waals surface area contributed by atoms with Crippen LogP contribution in [0.4, 0.5) is 5.82 Å². The minimum absolute atomic E-state index is 0.669. The summed E-state index contributed by atoms with van der Waals surface area (Å²) in [6, 6.07) is 9.87. The number of anilines is 1. The number of H-pyrrole nitrogens is 1. The molecule has 102 valence electrons. The number of nitrogens with two attached hydrogens (primary N) is 1. The van der Waals surface area contributed by atoms with E-state index in [0.717, 1.165) is 41.1 Å². The topological polar surface area (TPSA) is 92.5 Å². The molecule has 0 saturated carbocycles. The number of fused-ring (bicyclic) bond motifs is 1. The van der Waals surface area contributed by atoms with Gasteiger partial charge in [-0.2, -0.15) is 0 Å². The van der Waals surface area contributed by atoms with Gasteiger partial charge < -0.3 is 16.0 Å². The van der Waals surface area contributed by atoms with Crippen LogP contribution in [0.5, 0.6) is 0 Å². The highest BCUT2D eigenvalue weighted by atomic mass is 15.2. The molecular weight excluding hydrogens is 252 g/mol. The zero-order chi connectivity index (χ0) is 13.8. The zero-order valence-electron chi connectivity index (χ0n) is 11.0. The second-order valence-corrected chi connectivity index (χ2v) is 4.51. The number of aromatic nitrogens is 4. The van der Waals surface area contributed by atoms with Crippen molar-refractivity contribution in [2.75, 3.05) is 18.4 Å². The Bertz CT molecular complexity index is 688. The van der Waals surface area contributed by atoms with Gasteiger partial charge in [0, 0.05) is 12.1 Å². The van der Waals surface area contributed by atoms with Gasteiger partial charge in [-0.3, -0.25) is 0 Å². The lowest BCUT2D eigenvalue weighted by Crippen LogP contribution is -2.09. The third-order valence-electron chi connectivity index (χ3n) is 3.07. The van der Waals surface area contributed by atoms with Crippen LogP contribution in [-0.4, -0.2) is 33.3 Å². The summed E-state index contributed by atoms with van der Waals surface area (Å²) < 4.78 is 0. The van der Waals surface area contributed by atoms with Crippen molar-refractivity contribution in [1.82, 2.24) is 20.2 Å². The van der Waals surface area contributed by atoms with Crippen LogP contribution < -0.4 is 11.1 Å². The van der Waals surface area contributed by atoms with Crippen LogP contribution in [0.15, 0.2) is 36.7 Å². The quantitative estimate of drug-likeness (QED) is 0.613. The molecule has 6 heteroatoms. The Morgan fingerprint density at radius 1 is 1.15 bits per heavy atom. The van der Waals surface area contributed by atoms with Crippen LogP contribution in [0.25, 0.3) is 22.3 Å². The lowest BCUT2D eigenvalue weighted by atomic mass is 10.1. The van der Waals surface area contributed by atoms with Crippen LogP contribution in [0.1, 0.15) is 6.42 Å². The van der Waals surface area contributed by atoms with Crippen molar-refractivity contribution in [3.8, 4) is 11.3 Å². The van der Waals surface area contributed by atoms with Crippen molar-refractivity contribution in [3.63, 3.8) is 0 Å². The summed E-state index contributed by atoms with van der Waals surface area (Å²) in [5, 5.41) is 11.6. The minimum atomic E-state index is 0.669. The van der Waals surface area contributed by atoms with Crippen LogP contribution in [-0.2, 0) is 0 Å².